The van der Waals surface area contributed by atoms with Crippen LogP contribution < -0.4 is 10.6 Å². The van der Waals surface area contributed by atoms with Gasteiger partial charge in [0.1, 0.15) is 6.04 Å². The number of hydrogen-bond acceptors (Lipinski definition) is 8. The van der Waals surface area contributed by atoms with Gasteiger partial charge in [-0.2, -0.15) is 0 Å². The summed E-state index contributed by atoms with van der Waals surface area (Å²) >= 11 is 7.43. The number of aliphatic carboxylic acids is 1. The van der Waals surface area contributed by atoms with Crippen LogP contribution in [0.2, 0.25) is 5.02 Å². The Morgan fingerprint density at radius 2 is 2.03 bits per heavy atom. The van der Waals surface area contributed by atoms with Crippen molar-refractivity contribution in [2.75, 3.05) is 13.7 Å². The average molecular weight is 525 g/mol. The summed E-state index contributed by atoms with van der Waals surface area (Å²) in [5.74, 6) is -3.78. The predicted octanol–water partition coefficient (Wildman–Crippen LogP) is 3.83. The molecule has 0 bridgehead atoms. The molecule has 0 spiro atoms. The van der Waals surface area contributed by atoms with Crippen molar-refractivity contribution in [1.82, 2.24) is 15.6 Å². The van der Waals surface area contributed by atoms with Gasteiger partial charge in [0.15, 0.2) is 22.5 Å². The van der Waals surface area contributed by atoms with Crippen molar-refractivity contribution < 1.29 is 28.2 Å². The summed E-state index contributed by atoms with van der Waals surface area (Å²) in [6.07, 6.45) is 4.29. The van der Waals surface area contributed by atoms with Gasteiger partial charge in [-0.25, -0.2) is 18.6 Å². The van der Waals surface area contributed by atoms with Crippen LogP contribution in [0.5, 0.6) is 0 Å². The number of amidine groups is 1. The molecule has 1 aromatic heterocycles. The number of allylic oxidation sites excluding steroid dienone is 1. The van der Waals surface area contributed by atoms with E-state index in [0.29, 0.717) is 42.2 Å². The first-order chi connectivity index (χ1) is 16.8. The van der Waals surface area contributed by atoms with Gasteiger partial charge in [-0.15, -0.1) is 11.3 Å². The molecular formula is C23H23ClF2N4O4S. The molecule has 0 amide bonds. The van der Waals surface area contributed by atoms with Crippen LogP contribution in [0.25, 0.3) is 0 Å². The van der Waals surface area contributed by atoms with Crippen LogP contribution in [0.4, 0.5) is 8.78 Å². The van der Waals surface area contributed by atoms with Gasteiger partial charge in [0.25, 0.3) is 0 Å². The maximum Gasteiger partial charge on any atom is 0.335 e. The number of thiazole rings is 1. The van der Waals surface area contributed by atoms with Crippen molar-refractivity contribution >= 4 is 40.7 Å². The van der Waals surface area contributed by atoms with Crippen LogP contribution in [0.1, 0.15) is 42.3 Å². The van der Waals surface area contributed by atoms with Gasteiger partial charge in [0.05, 0.1) is 24.3 Å². The molecule has 1 fully saturated rings. The number of methoxy groups -OCH3 is 1. The van der Waals surface area contributed by atoms with Crippen molar-refractivity contribution in [3.8, 4) is 0 Å². The number of carbonyl (C=O) groups is 2. The molecule has 186 valence electrons. The number of nitrogens with one attached hydrogen (secondary N) is 2. The number of benzene rings is 1. The standard InChI is InChI=1S/C23H23ClF2N4O4S/c1-34-15(31)10-28-12-4-2-11(3-5-12)19-16(23(32)33)20(13-6-7-14(25)18(26)17(13)24)30-21(29-19)22-27-8-9-35-22/h6-9,11-12,20,28H,2-5,10H2,1H3,(H,29,30)(H,32,33). The van der Waals surface area contributed by atoms with Gasteiger partial charge in [-0.3, -0.25) is 9.79 Å². The molecule has 1 aliphatic carbocycles. The van der Waals surface area contributed by atoms with E-state index in [-0.39, 0.29) is 35.6 Å². The fraction of sp³-hybridized carbons (Fsp3) is 0.391. The number of aliphatic imine (C=N–C) groups is 1. The van der Waals surface area contributed by atoms with Gasteiger partial charge in [0.2, 0.25) is 0 Å². The zero-order valence-corrected chi connectivity index (χ0v) is 20.3. The van der Waals surface area contributed by atoms with E-state index in [1.165, 1.54) is 24.5 Å². The molecule has 1 aliphatic heterocycles. The second-order valence-electron chi connectivity index (χ2n) is 8.25. The Labute approximate surface area is 209 Å². The van der Waals surface area contributed by atoms with Crippen LogP contribution in [0.15, 0.2) is 40.0 Å². The topological polar surface area (TPSA) is 113 Å². The number of aromatic nitrogens is 1. The third-order valence-electron chi connectivity index (χ3n) is 6.20. The average Bonchev–Trinajstić information content (AvgIpc) is 3.40. The third-order valence-corrected chi connectivity index (χ3v) is 7.36. The highest BCUT2D eigenvalue weighted by Crippen LogP contribution is 2.41. The summed E-state index contributed by atoms with van der Waals surface area (Å²) in [5.41, 5.74) is 0.448. The number of carboxylic acid groups (broad SMARTS) is 1. The first-order valence-corrected chi connectivity index (χ1v) is 12.2. The minimum Gasteiger partial charge on any atom is -0.478 e. The molecule has 1 aromatic carbocycles. The fourth-order valence-corrected chi connectivity index (χ4v) is 5.28. The number of nitrogens with zero attached hydrogens (tertiary/aromatic N) is 2. The summed E-state index contributed by atoms with van der Waals surface area (Å²) < 4.78 is 32.7. The maximum absolute atomic E-state index is 14.3. The molecule has 2 aromatic rings. The lowest BCUT2D eigenvalue weighted by molar-refractivity contribution is -0.139. The minimum atomic E-state index is -1.25. The van der Waals surface area contributed by atoms with Crippen LogP contribution in [-0.4, -0.2) is 47.6 Å². The first-order valence-electron chi connectivity index (χ1n) is 11.0. The number of esters is 1. The Hall–Kier alpha value is -2.89. The van der Waals surface area contributed by atoms with Crippen LogP contribution >= 0.6 is 22.9 Å². The van der Waals surface area contributed by atoms with E-state index in [2.05, 4.69) is 25.3 Å². The highest BCUT2D eigenvalue weighted by atomic mass is 35.5. The van der Waals surface area contributed by atoms with Crippen molar-refractivity contribution in [3.05, 3.63) is 62.2 Å². The van der Waals surface area contributed by atoms with Gasteiger partial charge >= 0.3 is 11.9 Å². The van der Waals surface area contributed by atoms with Gasteiger partial charge in [-0.05, 0) is 37.7 Å². The van der Waals surface area contributed by atoms with Gasteiger partial charge in [0, 0.05) is 28.9 Å². The lowest BCUT2D eigenvalue weighted by Gasteiger charge is -2.35. The number of halogens is 3. The molecule has 12 heteroatoms. The van der Waals surface area contributed by atoms with Crippen molar-refractivity contribution in [3.63, 3.8) is 0 Å². The van der Waals surface area contributed by atoms with E-state index in [9.17, 15) is 23.5 Å². The van der Waals surface area contributed by atoms with E-state index in [0.717, 1.165) is 6.07 Å². The SMILES string of the molecule is COC(=O)CNC1CCC(C2=C(C(=O)O)C(c3ccc(F)c(F)c3Cl)N=C(c3nccs3)N2)CC1. The first kappa shape index (κ1) is 25.2. The Balaban J connectivity index is 1.69. The molecule has 0 saturated heterocycles. The zero-order chi connectivity index (χ0) is 25.1. The summed E-state index contributed by atoms with van der Waals surface area (Å²) in [4.78, 5) is 32.7. The highest BCUT2D eigenvalue weighted by Gasteiger charge is 2.37. The highest BCUT2D eigenvalue weighted by molar-refractivity contribution is 7.11. The molecule has 1 atom stereocenters. The molecule has 1 unspecified atom stereocenters. The second kappa shape index (κ2) is 10.8. The van der Waals surface area contributed by atoms with Crippen molar-refractivity contribution in [2.24, 2.45) is 10.9 Å². The number of carboxylic acids is 1. The molecule has 1 saturated carbocycles. The summed E-state index contributed by atoms with van der Waals surface area (Å²) in [5, 5.41) is 18.3. The number of carbonyl (C=O) groups excluding carboxylic acids is 1. The van der Waals surface area contributed by atoms with Gasteiger partial charge < -0.3 is 20.5 Å². The summed E-state index contributed by atoms with van der Waals surface area (Å²) in [7, 11) is 1.33. The molecule has 0 radical (unpaired) electrons. The Morgan fingerprint density at radius 3 is 2.66 bits per heavy atom. The monoisotopic (exact) mass is 524 g/mol. The molecule has 4 rings (SSSR count). The third kappa shape index (κ3) is 5.36. The quantitative estimate of drug-likeness (QED) is 0.373. The minimum absolute atomic E-state index is 0.0597. The molecule has 2 aliphatic rings. The van der Waals surface area contributed by atoms with E-state index in [4.69, 9.17) is 11.6 Å². The number of ether oxygens (including phenoxy) is 1. The lowest BCUT2D eigenvalue weighted by Crippen LogP contribution is -2.41. The smallest absolute Gasteiger partial charge is 0.335 e. The van der Waals surface area contributed by atoms with E-state index in [1.807, 2.05) is 0 Å². The van der Waals surface area contributed by atoms with Crippen molar-refractivity contribution in [2.45, 2.75) is 37.8 Å². The van der Waals surface area contributed by atoms with Gasteiger partial charge in [-0.1, -0.05) is 17.7 Å². The Kier molecular flexibility index (Phi) is 7.78. The summed E-state index contributed by atoms with van der Waals surface area (Å²) in [6, 6.07) is 1.11. The number of hydrogen-bond donors (Lipinski definition) is 3. The number of rotatable bonds is 7. The molecule has 2 heterocycles. The van der Waals surface area contributed by atoms with Crippen LogP contribution in [0.3, 0.4) is 0 Å². The van der Waals surface area contributed by atoms with Crippen molar-refractivity contribution in [1.29, 1.82) is 0 Å². The van der Waals surface area contributed by atoms with E-state index in [1.54, 1.807) is 11.6 Å². The Morgan fingerprint density at radius 1 is 1.29 bits per heavy atom. The molecule has 8 nitrogen and oxygen atoms in total. The predicted molar refractivity (Wildman–Crippen MR) is 126 cm³/mol. The molecule has 3 N–H and O–H groups in total. The largest absolute Gasteiger partial charge is 0.478 e. The normalized spacial score (nSPS) is 22.4. The summed E-state index contributed by atoms with van der Waals surface area (Å²) in [6.45, 7) is 0.102. The molecule has 35 heavy (non-hydrogen) atoms. The zero-order valence-electron chi connectivity index (χ0n) is 18.7. The lowest BCUT2D eigenvalue weighted by atomic mass is 9.80. The fourth-order valence-electron chi connectivity index (χ4n) is 4.43. The van der Waals surface area contributed by atoms with E-state index >= 15 is 0 Å². The van der Waals surface area contributed by atoms with Crippen LogP contribution in [0, 0.1) is 17.6 Å². The van der Waals surface area contributed by atoms with E-state index < -0.39 is 28.7 Å². The molecular weight excluding hydrogens is 502 g/mol. The second-order valence-corrected chi connectivity index (χ2v) is 9.52. The van der Waals surface area contributed by atoms with Crippen LogP contribution in [-0.2, 0) is 14.3 Å². The maximum atomic E-state index is 14.3. The Bertz CT molecular complexity index is 1180.